The van der Waals surface area contributed by atoms with E-state index in [0.717, 1.165) is 36.3 Å². The summed E-state index contributed by atoms with van der Waals surface area (Å²) in [4.78, 5) is 21.4. The second-order valence-electron chi connectivity index (χ2n) is 6.93. The molecule has 0 unspecified atom stereocenters. The van der Waals surface area contributed by atoms with Crippen LogP contribution in [0, 0.1) is 11.6 Å². The molecule has 1 amide bonds. The minimum atomic E-state index is -0.897. The first-order valence-electron chi connectivity index (χ1n) is 9.76. The highest BCUT2D eigenvalue weighted by Crippen LogP contribution is 2.26. The Balaban J connectivity index is 1.76. The van der Waals surface area contributed by atoms with Crippen molar-refractivity contribution in [2.75, 3.05) is 18.4 Å². The second-order valence-corrected chi connectivity index (χ2v) is 8.48. The van der Waals surface area contributed by atoms with Gasteiger partial charge in [0.2, 0.25) is 0 Å². The Kier molecular flexibility index (Phi) is 7.20. The van der Waals surface area contributed by atoms with E-state index in [-0.39, 0.29) is 12.1 Å². The smallest absolute Gasteiger partial charge is 0.254 e. The van der Waals surface area contributed by atoms with Crippen molar-refractivity contribution >= 4 is 34.5 Å². The van der Waals surface area contributed by atoms with Crippen LogP contribution < -0.4 is 10.6 Å². The Labute approximate surface area is 177 Å². The van der Waals surface area contributed by atoms with Crippen molar-refractivity contribution in [2.45, 2.75) is 44.1 Å². The van der Waals surface area contributed by atoms with E-state index in [4.69, 9.17) is 0 Å². The number of halogens is 2. The monoisotopic (exact) mass is 434 g/mol. The maximum absolute atomic E-state index is 13.8. The highest BCUT2D eigenvalue weighted by molar-refractivity contribution is 7.99. The zero-order valence-corrected chi connectivity index (χ0v) is 17.9. The number of thioether (sulfide) groups is 1. The molecule has 0 radical (unpaired) electrons. The van der Waals surface area contributed by atoms with Gasteiger partial charge in [-0.25, -0.2) is 23.4 Å². The predicted octanol–water partition coefficient (Wildman–Crippen LogP) is 3.86. The molecule has 30 heavy (non-hydrogen) atoms. The first-order valence-corrected chi connectivity index (χ1v) is 10.6. The van der Waals surface area contributed by atoms with Crippen LogP contribution in [-0.4, -0.2) is 44.0 Å². The molecule has 0 aliphatic rings. The third kappa shape index (κ3) is 5.24. The molecule has 1 aromatic carbocycles. The number of hydrogen-bond acceptors (Lipinski definition) is 6. The summed E-state index contributed by atoms with van der Waals surface area (Å²) in [6, 6.07) is 2.86. The molecule has 160 valence electrons. The van der Waals surface area contributed by atoms with E-state index in [9.17, 15) is 13.6 Å². The summed E-state index contributed by atoms with van der Waals surface area (Å²) in [7, 11) is 0. The van der Waals surface area contributed by atoms with Crippen LogP contribution in [0.15, 0.2) is 29.6 Å². The summed E-state index contributed by atoms with van der Waals surface area (Å²) in [5, 5.41) is 12.1. The Bertz CT molecular complexity index is 1040. The lowest BCUT2D eigenvalue weighted by Gasteiger charge is -2.10. The van der Waals surface area contributed by atoms with Gasteiger partial charge in [-0.1, -0.05) is 32.5 Å². The average Bonchev–Trinajstić information content (AvgIpc) is 3.08. The SMILES string of the molecule is CCCNc1nc(SC(C)C)nc2c1cnn2CCNC(=O)c1ccc(F)cc1F. The maximum atomic E-state index is 13.8. The summed E-state index contributed by atoms with van der Waals surface area (Å²) in [6.07, 6.45) is 2.65. The molecule has 0 saturated heterocycles. The minimum Gasteiger partial charge on any atom is -0.369 e. The first kappa shape index (κ1) is 21.9. The van der Waals surface area contributed by atoms with Gasteiger partial charge >= 0.3 is 0 Å². The van der Waals surface area contributed by atoms with Gasteiger partial charge < -0.3 is 10.6 Å². The van der Waals surface area contributed by atoms with E-state index >= 15 is 0 Å². The van der Waals surface area contributed by atoms with Crippen LogP contribution >= 0.6 is 11.8 Å². The largest absolute Gasteiger partial charge is 0.369 e. The third-order valence-electron chi connectivity index (χ3n) is 4.14. The standard InChI is InChI=1S/C20H24F2N6OS/c1-4-7-23-17-15-11-25-28(18(15)27-20(26-17)30-12(2)3)9-8-24-19(29)14-6-5-13(21)10-16(14)22/h5-6,10-12H,4,7-9H2,1-3H3,(H,24,29)(H,23,26,27). The number of hydrogen-bond donors (Lipinski definition) is 2. The number of anilines is 1. The van der Waals surface area contributed by atoms with Gasteiger partial charge in [-0.3, -0.25) is 4.79 Å². The molecule has 2 N–H and O–H groups in total. The summed E-state index contributed by atoms with van der Waals surface area (Å²) in [6.45, 7) is 7.54. The van der Waals surface area contributed by atoms with Crippen LogP contribution in [0.1, 0.15) is 37.6 Å². The fraction of sp³-hybridized carbons (Fsp3) is 0.400. The molecule has 0 spiro atoms. The van der Waals surface area contributed by atoms with Crippen molar-refractivity contribution in [3.05, 3.63) is 41.6 Å². The van der Waals surface area contributed by atoms with Crippen molar-refractivity contribution in [1.29, 1.82) is 0 Å². The number of fused-ring (bicyclic) bond motifs is 1. The number of carbonyl (C=O) groups is 1. The van der Waals surface area contributed by atoms with Crippen LogP contribution in [0.2, 0.25) is 0 Å². The van der Waals surface area contributed by atoms with Crippen LogP contribution in [-0.2, 0) is 6.54 Å². The Morgan fingerprint density at radius 3 is 2.73 bits per heavy atom. The van der Waals surface area contributed by atoms with Gasteiger partial charge in [0.25, 0.3) is 5.91 Å². The fourth-order valence-electron chi connectivity index (χ4n) is 2.78. The van der Waals surface area contributed by atoms with Gasteiger partial charge in [0, 0.05) is 24.4 Å². The average molecular weight is 435 g/mol. The number of aromatic nitrogens is 4. The summed E-state index contributed by atoms with van der Waals surface area (Å²) in [5.74, 6) is -1.50. The third-order valence-corrected chi connectivity index (χ3v) is 5.01. The van der Waals surface area contributed by atoms with Gasteiger partial charge in [-0.15, -0.1) is 0 Å². The lowest BCUT2D eigenvalue weighted by atomic mass is 10.2. The Morgan fingerprint density at radius 1 is 1.23 bits per heavy atom. The van der Waals surface area contributed by atoms with Gasteiger partial charge in [0.05, 0.1) is 23.7 Å². The molecular formula is C20H24F2N6OS. The molecule has 0 aliphatic carbocycles. The number of carbonyl (C=O) groups excluding carboxylic acids is 1. The van der Waals surface area contributed by atoms with E-state index in [1.807, 2.05) is 0 Å². The topological polar surface area (TPSA) is 84.7 Å². The molecule has 3 aromatic rings. The molecule has 2 heterocycles. The van der Waals surface area contributed by atoms with E-state index in [1.165, 1.54) is 0 Å². The van der Waals surface area contributed by atoms with Gasteiger partial charge in [0.15, 0.2) is 10.8 Å². The highest BCUT2D eigenvalue weighted by atomic mass is 32.2. The highest BCUT2D eigenvalue weighted by Gasteiger charge is 2.15. The van der Waals surface area contributed by atoms with E-state index in [0.29, 0.717) is 28.7 Å². The quantitative estimate of drug-likeness (QED) is 0.393. The van der Waals surface area contributed by atoms with Gasteiger partial charge in [-0.05, 0) is 18.6 Å². The molecular weight excluding hydrogens is 410 g/mol. The van der Waals surface area contributed by atoms with E-state index < -0.39 is 17.5 Å². The molecule has 0 atom stereocenters. The predicted molar refractivity (Wildman–Crippen MR) is 114 cm³/mol. The van der Waals surface area contributed by atoms with Gasteiger partial charge in [0.1, 0.15) is 17.5 Å². The molecule has 7 nitrogen and oxygen atoms in total. The minimum absolute atomic E-state index is 0.203. The number of benzene rings is 1. The van der Waals surface area contributed by atoms with Crippen molar-refractivity contribution in [2.24, 2.45) is 0 Å². The van der Waals surface area contributed by atoms with Crippen molar-refractivity contribution < 1.29 is 13.6 Å². The first-order chi connectivity index (χ1) is 14.4. The summed E-state index contributed by atoms with van der Waals surface area (Å²) in [5.41, 5.74) is 0.458. The van der Waals surface area contributed by atoms with Crippen LogP contribution in [0.4, 0.5) is 14.6 Å². The van der Waals surface area contributed by atoms with Crippen LogP contribution in [0.5, 0.6) is 0 Å². The molecule has 0 bridgehead atoms. The van der Waals surface area contributed by atoms with Crippen molar-refractivity contribution in [3.63, 3.8) is 0 Å². The fourth-order valence-corrected chi connectivity index (χ4v) is 3.49. The molecule has 10 heteroatoms. The number of amides is 1. The van der Waals surface area contributed by atoms with E-state index in [2.05, 4.69) is 46.5 Å². The van der Waals surface area contributed by atoms with Crippen LogP contribution in [0.25, 0.3) is 11.0 Å². The van der Waals surface area contributed by atoms with Crippen LogP contribution in [0.3, 0.4) is 0 Å². The molecule has 0 saturated carbocycles. The number of rotatable bonds is 9. The van der Waals surface area contributed by atoms with Gasteiger partial charge in [-0.2, -0.15) is 5.10 Å². The Morgan fingerprint density at radius 2 is 2.03 bits per heavy atom. The summed E-state index contributed by atoms with van der Waals surface area (Å²) < 4.78 is 28.5. The second kappa shape index (κ2) is 9.84. The molecule has 2 aromatic heterocycles. The summed E-state index contributed by atoms with van der Waals surface area (Å²) >= 11 is 1.56. The van der Waals surface area contributed by atoms with Crippen molar-refractivity contribution in [3.8, 4) is 0 Å². The molecule has 0 fully saturated rings. The zero-order valence-electron chi connectivity index (χ0n) is 17.1. The molecule has 3 rings (SSSR count). The normalized spacial score (nSPS) is 11.3. The number of nitrogens with one attached hydrogen (secondary N) is 2. The lowest BCUT2D eigenvalue weighted by molar-refractivity contribution is 0.0948. The maximum Gasteiger partial charge on any atom is 0.254 e. The number of nitrogens with zero attached hydrogens (tertiary/aromatic N) is 4. The zero-order chi connectivity index (χ0) is 21.7. The lowest BCUT2D eigenvalue weighted by Crippen LogP contribution is -2.28. The van der Waals surface area contributed by atoms with Crippen molar-refractivity contribution in [1.82, 2.24) is 25.1 Å². The van der Waals surface area contributed by atoms with E-state index in [1.54, 1.807) is 22.6 Å². The Hall–Kier alpha value is -2.75. The molecule has 0 aliphatic heterocycles.